The van der Waals surface area contributed by atoms with E-state index < -0.39 is 0 Å². The summed E-state index contributed by atoms with van der Waals surface area (Å²) < 4.78 is 5.90. The summed E-state index contributed by atoms with van der Waals surface area (Å²) in [6.45, 7) is 4.50. The summed E-state index contributed by atoms with van der Waals surface area (Å²) >= 11 is 0. The van der Waals surface area contributed by atoms with Crippen LogP contribution in [-0.4, -0.2) is 17.3 Å². The lowest BCUT2D eigenvalue weighted by atomic mass is 9.79. The highest BCUT2D eigenvalue weighted by atomic mass is 16.5. The second-order valence-corrected chi connectivity index (χ2v) is 5.35. The molecule has 1 N–H and O–H groups in total. The van der Waals surface area contributed by atoms with E-state index in [9.17, 15) is 5.11 Å². The van der Waals surface area contributed by atoms with Gasteiger partial charge in [0, 0.05) is 0 Å². The molecule has 0 amide bonds. The molecule has 0 radical (unpaired) electrons. The van der Waals surface area contributed by atoms with Crippen molar-refractivity contribution in [2.24, 2.45) is 11.8 Å². The quantitative estimate of drug-likeness (QED) is 0.870. The Bertz CT molecular complexity index is 334. The predicted octanol–water partition coefficient (Wildman–Crippen LogP) is 3.25. The first-order valence-electron chi connectivity index (χ1n) is 6.56. The lowest BCUT2D eigenvalue weighted by Gasteiger charge is -2.35. The Labute approximate surface area is 104 Å². The molecule has 1 aromatic rings. The zero-order chi connectivity index (χ0) is 12.3. The lowest BCUT2D eigenvalue weighted by Crippen LogP contribution is -2.39. The van der Waals surface area contributed by atoms with Crippen molar-refractivity contribution in [3.8, 4) is 5.75 Å². The van der Waals surface area contributed by atoms with E-state index in [1.807, 2.05) is 30.3 Å². The van der Waals surface area contributed by atoms with Gasteiger partial charge in [-0.15, -0.1) is 0 Å². The first-order chi connectivity index (χ1) is 8.16. The van der Waals surface area contributed by atoms with Crippen molar-refractivity contribution in [2.75, 3.05) is 0 Å². The molecule has 2 rings (SSSR count). The summed E-state index contributed by atoms with van der Waals surface area (Å²) in [4.78, 5) is 0. The number of benzene rings is 1. The van der Waals surface area contributed by atoms with Crippen LogP contribution in [0.3, 0.4) is 0 Å². The van der Waals surface area contributed by atoms with Gasteiger partial charge in [-0.3, -0.25) is 0 Å². The number of ether oxygens (including phenoxy) is 1. The average molecular weight is 234 g/mol. The number of hydrogen-bond donors (Lipinski definition) is 1. The molecular weight excluding hydrogens is 212 g/mol. The SMILES string of the molecule is CC(C)C1CCC(O)C(Oc2ccccc2)C1. The molecular formula is C15H22O2. The predicted molar refractivity (Wildman–Crippen MR) is 69.0 cm³/mol. The lowest BCUT2D eigenvalue weighted by molar-refractivity contribution is -0.0176. The Hall–Kier alpha value is -1.02. The van der Waals surface area contributed by atoms with Crippen LogP contribution in [0.15, 0.2) is 30.3 Å². The maximum atomic E-state index is 10.0. The molecule has 1 aliphatic rings. The Morgan fingerprint density at radius 2 is 1.88 bits per heavy atom. The fraction of sp³-hybridized carbons (Fsp3) is 0.600. The number of rotatable bonds is 3. The van der Waals surface area contributed by atoms with Crippen LogP contribution in [0.1, 0.15) is 33.1 Å². The van der Waals surface area contributed by atoms with Crippen LogP contribution in [0.2, 0.25) is 0 Å². The topological polar surface area (TPSA) is 29.5 Å². The van der Waals surface area contributed by atoms with Crippen molar-refractivity contribution in [3.63, 3.8) is 0 Å². The fourth-order valence-corrected chi connectivity index (χ4v) is 2.55. The molecule has 0 aromatic heterocycles. The molecule has 17 heavy (non-hydrogen) atoms. The van der Waals surface area contributed by atoms with Gasteiger partial charge < -0.3 is 9.84 Å². The minimum Gasteiger partial charge on any atom is -0.488 e. The fourth-order valence-electron chi connectivity index (χ4n) is 2.55. The molecule has 94 valence electrons. The smallest absolute Gasteiger partial charge is 0.125 e. The molecule has 2 nitrogen and oxygen atoms in total. The molecule has 0 aliphatic heterocycles. The van der Waals surface area contributed by atoms with Crippen LogP contribution in [0, 0.1) is 11.8 Å². The third kappa shape index (κ3) is 3.22. The minimum absolute atomic E-state index is 0.0430. The highest BCUT2D eigenvalue weighted by Crippen LogP contribution is 2.32. The van der Waals surface area contributed by atoms with E-state index in [2.05, 4.69) is 13.8 Å². The van der Waals surface area contributed by atoms with Gasteiger partial charge in [0.2, 0.25) is 0 Å². The van der Waals surface area contributed by atoms with Gasteiger partial charge in [0.25, 0.3) is 0 Å². The third-order valence-electron chi connectivity index (χ3n) is 3.77. The van der Waals surface area contributed by atoms with Crippen LogP contribution in [0.5, 0.6) is 5.75 Å². The summed E-state index contributed by atoms with van der Waals surface area (Å²) in [5.74, 6) is 2.21. The number of hydrogen-bond acceptors (Lipinski definition) is 2. The summed E-state index contributed by atoms with van der Waals surface area (Å²) in [7, 11) is 0. The number of aliphatic hydroxyl groups excluding tert-OH is 1. The molecule has 0 spiro atoms. The maximum Gasteiger partial charge on any atom is 0.125 e. The first kappa shape index (κ1) is 12.4. The molecule has 1 aliphatic carbocycles. The van der Waals surface area contributed by atoms with Gasteiger partial charge >= 0.3 is 0 Å². The second-order valence-electron chi connectivity index (χ2n) is 5.35. The molecule has 3 atom stereocenters. The standard InChI is InChI=1S/C15H22O2/c1-11(2)12-8-9-14(16)15(10-12)17-13-6-4-3-5-7-13/h3-7,11-12,14-16H,8-10H2,1-2H3. The van der Waals surface area contributed by atoms with Crippen molar-refractivity contribution < 1.29 is 9.84 Å². The van der Waals surface area contributed by atoms with Crippen molar-refractivity contribution in [1.29, 1.82) is 0 Å². The van der Waals surface area contributed by atoms with E-state index in [-0.39, 0.29) is 12.2 Å². The van der Waals surface area contributed by atoms with Gasteiger partial charge in [-0.2, -0.15) is 0 Å². The van der Waals surface area contributed by atoms with Crippen molar-refractivity contribution in [2.45, 2.75) is 45.3 Å². The van der Waals surface area contributed by atoms with Gasteiger partial charge in [-0.05, 0) is 43.2 Å². The normalized spacial score (nSPS) is 29.3. The third-order valence-corrected chi connectivity index (χ3v) is 3.77. The zero-order valence-electron chi connectivity index (χ0n) is 10.7. The van der Waals surface area contributed by atoms with E-state index in [0.717, 1.165) is 25.0 Å². The van der Waals surface area contributed by atoms with E-state index in [1.165, 1.54) is 0 Å². The van der Waals surface area contributed by atoms with Crippen LogP contribution in [0.4, 0.5) is 0 Å². The molecule has 0 saturated heterocycles. The average Bonchev–Trinajstić information content (AvgIpc) is 2.33. The van der Waals surface area contributed by atoms with Gasteiger partial charge in [-0.1, -0.05) is 32.0 Å². The summed E-state index contributed by atoms with van der Waals surface area (Å²) in [6, 6.07) is 9.80. The summed E-state index contributed by atoms with van der Waals surface area (Å²) in [5.41, 5.74) is 0. The monoisotopic (exact) mass is 234 g/mol. The Morgan fingerprint density at radius 1 is 1.18 bits per heavy atom. The van der Waals surface area contributed by atoms with E-state index >= 15 is 0 Å². The molecule has 3 unspecified atom stereocenters. The first-order valence-corrected chi connectivity index (χ1v) is 6.56. The van der Waals surface area contributed by atoms with Crippen molar-refractivity contribution >= 4 is 0 Å². The number of aliphatic hydroxyl groups is 1. The van der Waals surface area contributed by atoms with Gasteiger partial charge in [0.05, 0.1) is 6.10 Å². The summed E-state index contributed by atoms with van der Waals surface area (Å²) in [5, 5.41) is 10.0. The number of para-hydroxylation sites is 1. The molecule has 0 heterocycles. The molecule has 2 heteroatoms. The zero-order valence-corrected chi connectivity index (χ0v) is 10.7. The summed E-state index contributed by atoms with van der Waals surface area (Å²) in [6.07, 6.45) is 2.59. The van der Waals surface area contributed by atoms with E-state index in [1.54, 1.807) is 0 Å². The van der Waals surface area contributed by atoms with Gasteiger partial charge in [0.15, 0.2) is 0 Å². The van der Waals surface area contributed by atoms with Crippen LogP contribution in [-0.2, 0) is 0 Å². The maximum absolute atomic E-state index is 10.0. The highest BCUT2D eigenvalue weighted by Gasteiger charge is 2.31. The second kappa shape index (κ2) is 5.54. The Kier molecular flexibility index (Phi) is 4.06. The van der Waals surface area contributed by atoms with Crippen molar-refractivity contribution in [3.05, 3.63) is 30.3 Å². The van der Waals surface area contributed by atoms with Crippen molar-refractivity contribution in [1.82, 2.24) is 0 Å². The Morgan fingerprint density at radius 3 is 2.53 bits per heavy atom. The van der Waals surface area contributed by atoms with Crippen LogP contribution in [0.25, 0.3) is 0 Å². The van der Waals surface area contributed by atoms with E-state index in [4.69, 9.17) is 4.74 Å². The van der Waals surface area contributed by atoms with Crippen LogP contribution >= 0.6 is 0 Å². The molecule has 1 aromatic carbocycles. The van der Waals surface area contributed by atoms with Crippen LogP contribution < -0.4 is 4.74 Å². The Balaban J connectivity index is 1.99. The van der Waals surface area contributed by atoms with Gasteiger partial charge in [0.1, 0.15) is 11.9 Å². The van der Waals surface area contributed by atoms with E-state index in [0.29, 0.717) is 11.8 Å². The molecule has 1 fully saturated rings. The highest BCUT2D eigenvalue weighted by molar-refractivity contribution is 5.21. The largest absolute Gasteiger partial charge is 0.488 e. The minimum atomic E-state index is -0.315. The molecule has 0 bridgehead atoms. The molecule has 1 saturated carbocycles. The van der Waals surface area contributed by atoms with Gasteiger partial charge in [-0.25, -0.2) is 0 Å².